The highest BCUT2D eigenvalue weighted by molar-refractivity contribution is 5.86. The van der Waals surface area contributed by atoms with Crippen molar-refractivity contribution >= 4 is 16.7 Å². The number of nitrogens with two attached hydrogens (primary N) is 1. The molecule has 0 radical (unpaired) electrons. The van der Waals surface area contributed by atoms with Gasteiger partial charge in [0.25, 0.3) is 0 Å². The Morgan fingerprint density at radius 1 is 1.24 bits per heavy atom. The summed E-state index contributed by atoms with van der Waals surface area (Å²) >= 11 is 0. The van der Waals surface area contributed by atoms with Crippen LogP contribution in [0.15, 0.2) is 36.7 Å². The van der Waals surface area contributed by atoms with E-state index in [1.807, 2.05) is 12.1 Å². The van der Waals surface area contributed by atoms with Crippen LogP contribution in [0.25, 0.3) is 22.0 Å². The number of halogens is 1. The van der Waals surface area contributed by atoms with Crippen LogP contribution in [-0.2, 0) is 0 Å². The van der Waals surface area contributed by atoms with E-state index in [4.69, 9.17) is 5.73 Å². The van der Waals surface area contributed by atoms with Crippen LogP contribution in [0.5, 0.6) is 0 Å². The van der Waals surface area contributed by atoms with Gasteiger partial charge >= 0.3 is 0 Å². The molecular formula is C12H9FN4. The summed E-state index contributed by atoms with van der Waals surface area (Å²) in [6, 6.07) is 6.75. The van der Waals surface area contributed by atoms with E-state index in [2.05, 4.69) is 15.2 Å². The van der Waals surface area contributed by atoms with Crippen molar-refractivity contribution in [3.63, 3.8) is 0 Å². The van der Waals surface area contributed by atoms with Gasteiger partial charge in [-0.2, -0.15) is 5.10 Å². The van der Waals surface area contributed by atoms with Gasteiger partial charge in [0.1, 0.15) is 11.6 Å². The van der Waals surface area contributed by atoms with Crippen LogP contribution in [0.3, 0.4) is 0 Å². The van der Waals surface area contributed by atoms with Crippen molar-refractivity contribution in [2.24, 2.45) is 0 Å². The number of nitrogens with zero attached hydrogens (tertiary/aromatic N) is 2. The van der Waals surface area contributed by atoms with Crippen molar-refractivity contribution in [3.05, 3.63) is 42.5 Å². The molecule has 3 aromatic rings. The van der Waals surface area contributed by atoms with Crippen LogP contribution in [-0.4, -0.2) is 15.2 Å². The fourth-order valence-electron chi connectivity index (χ4n) is 1.84. The second kappa shape index (κ2) is 3.55. The quantitative estimate of drug-likeness (QED) is 0.671. The molecule has 2 heterocycles. The van der Waals surface area contributed by atoms with E-state index in [1.54, 1.807) is 12.3 Å². The number of nitrogen functional groups attached to an aromatic ring is 1. The minimum atomic E-state index is -0.375. The third-order valence-corrected chi connectivity index (χ3v) is 2.66. The average Bonchev–Trinajstić information content (AvgIpc) is 2.76. The standard InChI is InChI=1S/C12H9FN4/c13-9-3-4-15-12(14)11(9)7-1-2-10-8(5-7)6-16-17-10/h1-6H,(H2,14,15)(H,16,17). The SMILES string of the molecule is Nc1nccc(F)c1-c1ccc2[nH]ncc2c1. The molecule has 17 heavy (non-hydrogen) atoms. The maximum Gasteiger partial charge on any atom is 0.136 e. The summed E-state index contributed by atoms with van der Waals surface area (Å²) in [5.41, 5.74) is 7.62. The van der Waals surface area contributed by atoms with Gasteiger partial charge < -0.3 is 5.73 Å². The maximum absolute atomic E-state index is 13.7. The number of H-pyrrole nitrogens is 1. The normalized spacial score (nSPS) is 10.9. The zero-order valence-corrected chi connectivity index (χ0v) is 8.81. The number of aromatic amines is 1. The first-order valence-electron chi connectivity index (χ1n) is 5.09. The summed E-state index contributed by atoms with van der Waals surface area (Å²) in [5, 5.41) is 7.66. The van der Waals surface area contributed by atoms with E-state index in [1.165, 1.54) is 12.3 Å². The van der Waals surface area contributed by atoms with E-state index < -0.39 is 0 Å². The van der Waals surface area contributed by atoms with Crippen molar-refractivity contribution in [2.45, 2.75) is 0 Å². The first-order valence-corrected chi connectivity index (χ1v) is 5.09. The van der Waals surface area contributed by atoms with Gasteiger partial charge in [0.05, 0.1) is 17.3 Å². The molecule has 1 aromatic carbocycles. The van der Waals surface area contributed by atoms with Gasteiger partial charge in [-0.25, -0.2) is 9.37 Å². The summed E-state index contributed by atoms with van der Waals surface area (Å²) in [7, 11) is 0. The molecule has 84 valence electrons. The van der Waals surface area contributed by atoms with Crippen molar-refractivity contribution in [3.8, 4) is 11.1 Å². The van der Waals surface area contributed by atoms with Gasteiger partial charge in [0.2, 0.25) is 0 Å². The fraction of sp³-hybridized carbons (Fsp3) is 0. The van der Waals surface area contributed by atoms with E-state index >= 15 is 0 Å². The number of nitrogens with one attached hydrogen (secondary N) is 1. The number of rotatable bonds is 1. The van der Waals surface area contributed by atoms with Crippen LogP contribution in [0, 0.1) is 5.82 Å². The molecule has 0 spiro atoms. The third kappa shape index (κ3) is 1.52. The van der Waals surface area contributed by atoms with E-state index in [0.717, 1.165) is 10.9 Å². The first-order chi connectivity index (χ1) is 8.25. The topological polar surface area (TPSA) is 67.6 Å². The van der Waals surface area contributed by atoms with Crippen molar-refractivity contribution < 1.29 is 4.39 Å². The minimum absolute atomic E-state index is 0.188. The number of aromatic nitrogens is 3. The van der Waals surface area contributed by atoms with Gasteiger partial charge in [-0.15, -0.1) is 0 Å². The molecule has 0 aliphatic rings. The molecule has 0 aliphatic heterocycles. The molecule has 2 aromatic heterocycles. The molecular weight excluding hydrogens is 219 g/mol. The summed E-state index contributed by atoms with van der Waals surface area (Å²) in [4.78, 5) is 3.90. The van der Waals surface area contributed by atoms with Gasteiger partial charge in [0.15, 0.2) is 0 Å². The number of pyridine rings is 1. The molecule has 5 heteroatoms. The maximum atomic E-state index is 13.7. The molecule has 3 rings (SSSR count). The van der Waals surface area contributed by atoms with Crippen molar-refractivity contribution in [1.82, 2.24) is 15.2 Å². The predicted octanol–water partition coefficient (Wildman–Crippen LogP) is 2.35. The van der Waals surface area contributed by atoms with Gasteiger partial charge in [0, 0.05) is 11.6 Å². The van der Waals surface area contributed by atoms with Crippen LogP contribution >= 0.6 is 0 Å². The molecule has 0 fully saturated rings. The van der Waals surface area contributed by atoms with E-state index in [-0.39, 0.29) is 11.6 Å². The van der Waals surface area contributed by atoms with Crippen LogP contribution < -0.4 is 5.73 Å². The highest BCUT2D eigenvalue weighted by Crippen LogP contribution is 2.29. The van der Waals surface area contributed by atoms with Crippen LogP contribution in [0.2, 0.25) is 0 Å². The molecule has 0 aliphatic carbocycles. The monoisotopic (exact) mass is 228 g/mol. The third-order valence-electron chi connectivity index (χ3n) is 2.66. The number of anilines is 1. The second-order valence-corrected chi connectivity index (χ2v) is 3.73. The fourth-order valence-corrected chi connectivity index (χ4v) is 1.84. The Balaban J connectivity index is 2.26. The summed E-state index contributed by atoms with van der Waals surface area (Å²) in [6.07, 6.45) is 3.04. The smallest absolute Gasteiger partial charge is 0.136 e. The summed E-state index contributed by atoms with van der Waals surface area (Å²) in [5.74, 6) is -0.187. The van der Waals surface area contributed by atoms with Crippen LogP contribution in [0.4, 0.5) is 10.2 Å². The van der Waals surface area contributed by atoms with E-state index in [9.17, 15) is 4.39 Å². The molecule has 0 amide bonds. The first kappa shape index (κ1) is 9.77. The molecule has 0 saturated heterocycles. The van der Waals surface area contributed by atoms with Gasteiger partial charge in [-0.05, 0) is 23.8 Å². The van der Waals surface area contributed by atoms with E-state index in [0.29, 0.717) is 11.1 Å². The average molecular weight is 228 g/mol. The Morgan fingerprint density at radius 3 is 2.94 bits per heavy atom. The molecule has 0 bridgehead atoms. The molecule has 3 N–H and O–H groups in total. The minimum Gasteiger partial charge on any atom is -0.383 e. The lowest BCUT2D eigenvalue weighted by Gasteiger charge is -2.06. The van der Waals surface area contributed by atoms with Crippen molar-refractivity contribution in [1.29, 1.82) is 0 Å². The van der Waals surface area contributed by atoms with Gasteiger partial charge in [-0.3, -0.25) is 5.10 Å². The second-order valence-electron chi connectivity index (χ2n) is 3.73. The van der Waals surface area contributed by atoms with Crippen molar-refractivity contribution in [2.75, 3.05) is 5.73 Å². The largest absolute Gasteiger partial charge is 0.383 e. The number of hydrogen-bond donors (Lipinski definition) is 2. The zero-order chi connectivity index (χ0) is 11.8. The zero-order valence-electron chi connectivity index (χ0n) is 8.81. The summed E-state index contributed by atoms with van der Waals surface area (Å²) in [6.45, 7) is 0. The summed E-state index contributed by atoms with van der Waals surface area (Å²) < 4.78 is 13.7. The predicted molar refractivity (Wildman–Crippen MR) is 63.7 cm³/mol. The highest BCUT2D eigenvalue weighted by Gasteiger charge is 2.10. The molecule has 0 atom stereocenters. The number of benzene rings is 1. The lowest BCUT2D eigenvalue weighted by atomic mass is 10.0. The highest BCUT2D eigenvalue weighted by atomic mass is 19.1. The Labute approximate surface area is 96.3 Å². The lowest BCUT2D eigenvalue weighted by molar-refractivity contribution is 0.630. The number of fused-ring (bicyclic) bond motifs is 1. The Hall–Kier alpha value is -2.43. The molecule has 0 saturated carbocycles. The Bertz CT molecular complexity index is 670. The van der Waals surface area contributed by atoms with Gasteiger partial charge in [-0.1, -0.05) is 6.07 Å². The molecule has 0 unspecified atom stereocenters. The number of hydrogen-bond acceptors (Lipinski definition) is 3. The Morgan fingerprint density at radius 2 is 2.12 bits per heavy atom. The molecule has 4 nitrogen and oxygen atoms in total. The lowest BCUT2D eigenvalue weighted by Crippen LogP contribution is -1.96. The van der Waals surface area contributed by atoms with Crippen LogP contribution in [0.1, 0.15) is 0 Å². The Kier molecular flexibility index (Phi) is 2.04.